The van der Waals surface area contributed by atoms with Gasteiger partial charge in [0.05, 0.1) is 30.9 Å². The van der Waals surface area contributed by atoms with Gasteiger partial charge in [0.25, 0.3) is 0 Å². The molecule has 4 rings (SSSR count). The molecule has 3 heterocycles. The van der Waals surface area contributed by atoms with E-state index in [1.165, 1.54) is 17.3 Å². The molecule has 2 atom stereocenters. The van der Waals surface area contributed by atoms with Gasteiger partial charge in [-0.25, -0.2) is 4.98 Å². The second-order valence-electron chi connectivity index (χ2n) is 8.18. The molecule has 1 aliphatic heterocycles. The number of carbonyl (C=O) groups is 1. The fourth-order valence-corrected chi connectivity index (χ4v) is 4.18. The summed E-state index contributed by atoms with van der Waals surface area (Å²) in [7, 11) is 1.67. The number of halogens is 1. The van der Waals surface area contributed by atoms with Crippen molar-refractivity contribution in [3.05, 3.63) is 71.1 Å². The second kappa shape index (κ2) is 12.5. The predicted octanol–water partition coefficient (Wildman–Crippen LogP) is 5.22. The zero-order valence-electron chi connectivity index (χ0n) is 20.4. The van der Waals surface area contributed by atoms with Gasteiger partial charge in [-0.15, -0.1) is 0 Å². The van der Waals surface area contributed by atoms with Crippen LogP contribution in [0.5, 0.6) is 5.75 Å². The second-order valence-corrected chi connectivity index (χ2v) is 8.62. The number of nitrogens with one attached hydrogen (secondary N) is 1. The van der Waals surface area contributed by atoms with E-state index in [2.05, 4.69) is 38.6 Å². The Kier molecular flexibility index (Phi) is 9.48. The standard InChI is InChI=1S/C24H28ClN5O2.C2H6/c1-17(24(31)28-23-10-7-21(25)13-26-23)29-11-3-4-19(15-29)20-12-27-30(16-20)14-18-5-8-22(32-2)9-6-18;1-2/h5-10,12-13,16-17,19H,3-4,11,14-15H2,1-2H3,(H,26,28,31);1-2H3. The largest absolute Gasteiger partial charge is 0.497 e. The lowest BCUT2D eigenvalue weighted by Gasteiger charge is -2.35. The molecule has 1 fully saturated rings. The Morgan fingerprint density at radius 1 is 1.21 bits per heavy atom. The Labute approximate surface area is 207 Å². The highest BCUT2D eigenvalue weighted by Crippen LogP contribution is 2.28. The van der Waals surface area contributed by atoms with E-state index in [0.717, 1.165) is 31.7 Å². The number of pyridine rings is 1. The van der Waals surface area contributed by atoms with Crippen molar-refractivity contribution in [3.63, 3.8) is 0 Å². The van der Waals surface area contributed by atoms with Crippen molar-refractivity contribution in [3.8, 4) is 5.75 Å². The van der Waals surface area contributed by atoms with Crippen LogP contribution in [0.4, 0.5) is 5.82 Å². The first kappa shape index (κ1) is 25.7. The molecule has 1 saturated heterocycles. The molecule has 0 saturated carbocycles. The van der Waals surface area contributed by atoms with Crippen LogP contribution in [0.15, 0.2) is 55.0 Å². The fourth-order valence-electron chi connectivity index (χ4n) is 4.07. The van der Waals surface area contributed by atoms with Crippen LogP contribution in [0.3, 0.4) is 0 Å². The maximum atomic E-state index is 12.7. The third kappa shape index (κ3) is 6.81. The number of methoxy groups -OCH3 is 1. The first-order chi connectivity index (χ1) is 16.5. The van der Waals surface area contributed by atoms with E-state index in [-0.39, 0.29) is 11.9 Å². The number of benzene rings is 1. The Balaban J connectivity index is 0.00000158. The molecule has 34 heavy (non-hydrogen) atoms. The molecule has 182 valence electrons. The highest BCUT2D eigenvalue weighted by atomic mass is 35.5. The number of rotatable bonds is 7. The van der Waals surface area contributed by atoms with E-state index in [1.807, 2.05) is 43.8 Å². The zero-order chi connectivity index (χ0) is 24.5. The summed E-state index contributed by atoms with van der Waals surface area (Å²) < 4.78 is 7.19. The number of carbonyl (C=O) groups excluding carboxylic acids is 1. The molecule has 3 aromatic rings. The highest BCUT2D eigenvalue weighted by Gasteiger charge is 2.29. The number of nitrogens with zero attached hydrogens (tertiary/aromatic N) is 4. The molecule has 0 aliphatic carbocycles. The summed E-state index contributed by atoms with van der Waals surface area (Å²) >= 11 is 5.87. The van der Waals surface area contributed by atoms with Crippen LogP contribution in [0.25, 0.3) is 0 Å². The molecule has 2 aromatic heterocycles. The monoisotopic (exact) mass is 483 g/mol. The van der Waals surface area contributed by atoms with Gasteiger partial charge in [-0.2, -0.15) is 5.10 Å². The number of ether oxygens (including phenoxy) is 1. The number of likely N-dealkylation sites (tertiary alicyclic amines) is 1. The summed E-state index contributed by atoms with van der Waals surface area (Å²) in [6.45, 7) is 8.39. The average molecular weight is 484 g/mol. The van der Waals surface area contributed by atoms with Crippen LogP contribution in [0.2, 0.25) is 5.02 Å². The molecular weight excluding hydrogens is 450 g/mol. The van der Waals surface area contributed by atoms with Crippen molar-refractivity contribution in [1.29, 1.82) is 0 Å². The minimum absolute atomic E-state index is 0.0596. The quantitative estimate of drug-likeness (QED) is 0.498. The number of hydrogen-bond acceptors (Lipinski definition) is 5. The van der Waals surface area contributed by atoms with Crippen molar-refractivity contribution in [2.75, 3.05) is 25.5 Å². The molecule has 0 spiro atoms. The van der Waals surface area contributed by atoms with Crippen molar-refractivity contribution >= 4 is 23.3 Å². The highest BCUT2D eigenvalue weighted by molar-refractivity contribution is 6.30. The smallest absolute Gasteiger partial charge is 0.242 e. The Bertz CT molecular complexity index is 1040. The van der Waals surface area contributed by atoms with Crippen LogP contribution in [0, 0.1) is 0 Å². The lowest BCUT2D eigenvalue weighted by molar-refractivity contribution is -0.121. The van der Waals surface area contributed by atoms with Crippen molar-refractivity contribution in [2.24, 2.45) is 0 Å². The molecule has 1 aliphatic rings. The summed E-state index contributed by atoms with van der Waals surface area (Å²) in [5.74, 6) is 1.66. The fraction of sp³-hybridized carbons (Fsp3) is 0.423. The van der Waals surface area contributed by atoms with E-state index in [9.17, 15) is 4.79 Å². The van der Waals surface area contributed by atoms with Gasteiger partial charge in [0.15, 0.2) is 0 Å². The Morgan fingerprint density at radius 2 is 1.97 bits per heavy atom. The molecule has 0 bridgehead atoms. The zero-order valence-corrected chi connectivity index (χ0v) is 21.1. The minimum atomic E-state index is -0.246. The van der Waals surface area contributed by atoms with Crippen LogP contribution in [-0.4, -0.2) is 51.8 Å². The number of piperidine rings is 1. The van der Waals surface area contributed by atoms with Gasteiger partial charge >= 0.3 is 0 Å². The lowest BCUT2D eigenvalue weighted by Crippen LogP contribution is -2.46. The maximum absolute atomic E-state index is 12.7. The van der Waals surface area contributed by atoms with E-state index in [4.69, 9.17) is 16.3 Å². The molecule has 8 heteroatoms. The Morgan fingerprint density at radius 3 is 2.65 bits per heavy atom. The molecule has 1 amide bonds. The number of anilines is 1. The molecule has 1 aromatic carbocycles. The van der Waals surface area contributed by atoms with Crippen molar-refractivity contribution < 1.29 is 9.53 Å². The van der Waals surface area contributed by atoms with E-state index >= 15 is 0 Å². The van der Waals surface area contributed by atoms with Gasteiger partial charge in [-0.3, -0.25) is 14.4 Å². The summed E-state index contributed by atoms with van der Waals surface area (Å²) in [5.41, 5.74) is 2.39. The van der Waals surface area contributed by atoms with Crippen molar-refractivity contribution in [1.82, 2.24) is 19.7 Å². The van der Waals surface area contributed by atoms with Gasteiger partial charge in [-0.1, -0.05) is 37.6 Å². The van der Waals surface area contributed by atoms with Gasteiger partial charge in [0, 0.05) is 18.9 Å². The van der Waals surface area contributed by atoms with Crippen molar-refractivity contribution in [2.45, 2.75) is 52.1 Å². The van der Waals surface area contributed by atoms with E-state index < -0.39 is 0 Å². The van der Waals surface area contributed by atoms with Crippen LogP contribution >= 0.6 is 11.6 Å². The number of aromatic nitrogens is 3. The van der Waals surface area contributed by atoms with E-state index in [0.29, 0.717) is 23.3 Å². The molecule has 0 radical (unpaired) electrons. The molecule has 1 N–H and O–H groups in total. The Hall–Kier alpha value is -2.90. The van der Waals surface area contributed by atoms with Gasteiger partial charge in [0.2, 0.25) is 5.91 Å². The van der Waals surface area contributed by atoms with Gasteiger partial charge < -0.3 is 10.1 Å². The molecule has 7 nitrogen and oxygen atoms in total. The van der Waals surface area contributed by atoms with Gasteiger partial charge in [0.1, 0.15) is 11.6 Å². The lowest BCUT2D eigenvalue weighted by atomic mass is 9.92. The van der Waals surface area contributed by atoms with Crippen LogP contribution in [-0.2, 0) is 11.3 Å². The maximum Gasteiger partial charge on any atom is 0.242 e. The SMILES string of the molecule is CC.COc1ccc(Cn2cc(C3CCCN(C(C)C(=O)Nc4ccc(Cl)cn4)C3)cn2)cc1. The molecular formula is C26H34ClN5O2. The summed E-state index contributed by atoms with van der Waals surface area (Å²) in [6.07, 6.45) is 7.76. The first-order valence-electron chi connectivity index (χ1n) is 11.8. The predicted molar refractivity (Wildman–Crippen MR) is 137 cm³/mol. The third-order valence-electron chi connectivity index (χ3n) is 5.99. The number of amides is 1. The summed E-state index contributed by atoms with van der Waals surface area (Å²) in [6, 6.07) is 11.2. The average Bonchev–Trinajstić information content (AvgIpc) is 3.35. The normalized spacial score (nSPS) is 16.8. The third-order valence-corrected chi connectivity index (χ3v) is 6.21. The van der Waals surface area contributed by atoms with Crippen LogP contribution < -0.4 is 10.1 Å². The first-order valence-corrected chi connectivity index (χ1v) is 12.2. The molecule has 2 unspecified atom stereocenters. The van der Waals surface area contributed by atoms with Gasteiger partial charge in [-0.05, 0) is 67.6 Å². The summed E-state index contributed by atoms with van der Waals surface area (Å²) in [5, 5.41) is 7.99. The number of hydrogen-bond donors (Lipinski definition) is 1. The summed E-state index contributed by atoms with van der Waals surface area (Å²) in [4.78, 5) is 19.1. The van der Waals surface area contributed by atoms with E-state index in [1.54, 1.807) is 19.2 Å². The minimum Gasteiger partial charge on any atom is -0.497 e. The van der Waals surface area contributed by atoms with Crippen LogP contribution in [0.1, 0.15) is 50.7 Å². The topological polar surface area (TPSA) is 72.3 Å².